The van der Waals surface area contributed by atoms with Gasteiger partial charge in [-0.1, -0.05) is 0 Å². The van der Waals surface area contributed by atoms with Crippen molar-refractivity contribution in [1.82, 2.24) is 5.32 Å². The monoisotopic (exact) mass is 328 g/mol. The number of hydrogen-bond acceptors (Lipinski definition) is 4. The normalized spacial score (nSPS) is 12.0. The van der Waals surface area contributed by atoms with Crippen LogP contribution in [0.1, 0.15) is 11.7 Å². The number of rotatable bonds is 6. The summed E-state index contributed by atoms with van der Waals surface area (Å²) < 4.78 is 28.2. The van der Waals surface area contributed by atoms with E-state index in [-0.39, 0.29) is 12.3 Å². The Balaban J connectivity index is 1.79. The average Bonchev–Trinajstić information content (AvgIpc) is 3.00. The lowest BCUT2D eigenvalue weighted by Gasteiger charge is -2.12. The molecule has 1 heterocycles. The number of carbonyl (C=O) groups is 1. The van der Waals surface area contributed by atoms with Crippen molar-refractivity contribution >= 4 is 23.1 Å². The summed E-state index contributed by atoms with van der Waals surface area (Å²) in [5.41, 5.74) is 1.16. The van der Waals surface area contributed by atoms with E-state index in [9.17, 15) is 18.7 Å². The van der Waals surface area contributed by atoms with Gasteiger partial charge in [0.15, 0.2) is 0 Å². The predicted octanol–water partition coefficient (Wildman–Crippen LogP) is 3.20. The highest BCUT2D eigenvalue weighted by Gasteiger charge is 2.10. The molecule has 0 unspecified atom stereocenters. The van der Waals surface area contributed by atoms with E-state index in [2.05, 4.69) is 15.4 Å². The second-order valence-corrected chi connectivity index (χ2v) is 5.09. The molecule has 0 bridgehead atoms. The average molecular weight is 328 g/mol. The maximum absolute atomic E-state index is 12.0. The van der Waals surface area contributed by atoms with Crippen molar-refractivity contribution in [2.24, 2.45) is 0 Å². The fourth-order valence-corrected chi connectivity index (χ4v) is 2.37. The molecule has 0 fully saturated rings. The Bertz CT molecular complexity index is 591. The number of nitrogens with one attached hydrogen (secondary N) is 2. The number of alkyl halides is 2. The largest absolute Gasteiger partial charge is 0.435 e. The number of anilines is 1. The summed E-state index contributed by atoms with van der Waals surface area (Å²) in [6.07, 6.45) is -0.779. The van der Waals surface area contributed by atoms with E-state index in [1.807, 2.05) is 5.38 Å². The molecule has 0 spiro atoms. The fourth-order valence-electron chi connectivity index (χ4n) is 1.67. The number of ether oxygens (including phenoxy) is 1. The lowest BCUT2D eigenvalue weighted by atomic mass is 10.2. The molecule has 8 heteroatoms. The van der Waals surface area contributed by atoms with Crippen molar-refractivity contribution in [2.45, 2.75) is 12.7 Å². The summed E-state index contributed by atoms with van der Waals surface area (Å²) in [6.45, 7) is -2.82. The third kappa shape index (κ3) is 4.97. The van der Waals surface area contributed by atoms with Crippen LogP contribution in [0.4, 0.5) is 19.3 Å². The number of aliphatic hydroxyl groups is 1. The van der Waals surface area contributed by atoms with Crippen LogP contribution in [0.15, 0.2) is 41.1 Å². The van der Waals surface area contributed by atoms with E-state index in [4.69, 9.17) is 0 Å². The molecule has 5 nitrogen and oxygen atoms in total. The first-order valence-corrected chi connectivity index (χ1v) is 7.29. The van der Waals surface area contributed by atoms with Gasteiger partial charge >= 0.3 is 12.6 Å². The first-order valence-electron chi connectivity index (χ1n) is 6.34. The lowest BCUT2D eigenvalue weighted by Crippen LogP contribution is -2.32. The van der Waals surface area contributed by atoms with Gasteiger partial charge in [-0.05, 0) is 46.7 Å². The Morgan fingerprint density at radius 3 is 2.59 bits per heavy atom. The van der Waals surface area contributed by atoms with Gasteiger partial charge in [-0.25, -0.2) is 4.79 Å². The molecular weight excluding hydrogens is 314 g/mol. The van der Waals surface area contributed by atoms with E-state index in [0.29, 0.717) is 5.69 Å². The molecule has 1 aromatic carbocycles. The minimum atomic E-state index is -2.89. The van der Waals surface area contributed by atoms with E-state index < -0.39 is 18.7 Å². The van der Waals surface area contributed by atoms with E-state index >= 15 is 0 Å². The van der Waals surface area contributed by atoms with Crippen LogP contribution in [0.3, 0.4) is 0 Å². The highest BCUT2D eigenvalue weighted by atomic mass is 32.1. The Morgan fingerprint density at radius 1 is 1.27 bits per heavy atom. The Hall–Kier alpha value is -2.19. The van der Waals surface area contributed by atoms with Crippen molar-refractivity contribution < 1.29 is 23.4 Å². The van der Waals surface area contributed by atoms with Crippen LogP contribution in [0.5, 0.6) is 5.75 Å². The van der Waals surface area contributed by atoms with Crippen molar-refractivity contribution in [2.75, 3.05) is 11.9 Å². The molecule has 2 aromatic rings. The summed E-state index contributed by atoms with van der Waals surface area (Å²) in [5, 5.41) is 18.5. The number of halogens is 2. The van der Waals surface area contributed by atoms with E-state index in [1.54, 1.807) is 11.4 Å². The molecule has 1 aromatic heterocycles. The molecule has 2 rings (SSSR count). The zero-order valence-electron chi connectivity index (χ0n) is 11.3. The number of hydrogen-bond donors (Lipinski definition) is 3. The van der Waals surface area contributed by atoms with Crippen LogP contribution in [-0.4, -0.2) is 24.3 Å². The van der Waals surface area contributed by atoms with E-state index in [1.165, 1.54) is 35.6 Å². The molecule has 1 atom stereocenters. The number of thiophene rings is 1. The topological polar surface area (TPSA) is 70.6 Å². The van der Waals surface area contributed by atoms with E-state index in [0.717, 1.165) is 5.56 Å². The van der Waals surface area contributed by atoms with Crippen LogP contribution in [0.25, 0.3) is 0 Å². The molecule has 0 saturated heterocycles. The summed E-state index contributed by atoms with van der Waals surface area (Å²) >= 11 is 1.46. The molecule has 0 aliphatic rings. The number of aliphatic hydroxyl groups excluding tert-OH is 1. The fraction of sp³-hybridized carbons (Fsp3) is 0.214. The third-order valence-electron chi connectivity index (χ3n) is 2.72. The first kappa shape index (κ1) is 16.2. The molecule has 118 valence electrons. The van der Waals surface area contributed by atoms with Crippen LogP contribution in [-0.2, 0) is 0 Å². The summed E-state index contributed by atoms with van der Waals surface area (Å²) in [5.74, 6) is 0.00818. The third-order valence-corrected chi connectivity index (χ3v) is 3.42. The van der Waals surface area contributed by atoms with Crippen LogP contribution in [0, 0.1) is 0 Å². The Morgan fingerprint density at radius 2 is 2.00 bits per heavy atom. The maximum Gasteiger partial charge on any atom is 0.387 e. The summed E-state index contributed by atoms with van der Waals surface area (Å²) in [4.78, 5) is 11.7. The quantitative estimate of drug-likeness (QED) is 0.762. The molecule has 0 aliphatic heterocycles. The molecule has 22 heavy (non-hydrogen) atoms. The highest BCUT2D eigenvalue weighted by molar-refractivity contribution is 7.07. The SMILES string of the molecule is O=C(NC[C@@H](O)c1ccsc1)Nc1ccc(OC(F)F)cc1. The van der Waals surface area contributed by atoms with Crippen LogP contribution >= 0.6 is 11.3 Å². The van der Waals surface area contributed by atoms with Crippen molar-refractivity contribution in [3.05, 3.63) is 46.7 Å². The number of carbonyl (C=O) groups excluding carboxylic acids is 1. The minimum Gasteiger partial charge on any atom is -0.435 e. The second-order valence-electron chi connectivity index (χ2n) is 4.31. The molecule has 0 aliphatic carbocycles. The first-order chi connectivity index (χ1) is 10.5. The van der Waals surface area contributed by atoms with Gasteiger partial charge in [0.25, 0.3) is 0 Å². The van der Waals surface area contributed by atoms with Gasteiger partial charge < -0.3 is 20.5 Å². The van der Waals surface area contributed by atoms with Crippen LogP contribution in [0.2, 0.25) is 0 Å². The van der Waals surface area contributed by atoms with Crippen molar-refractivity contribution in [3.63, 3.8) is 0 Å². The smallest absolute Gasteiger partial charge is 0.387 e. The highest BCUT2D eigenvalue weighted by Crippen LogP contribution is 2.18. The van der Waals surface area contributed by atoms with Crippen molar-refractivity contribution in [3.8, 4) is 5.75 Å². The zero-order valence-corrected chi connectivity index (χ0v) is 12.1. The molecule has 0 saturated carbocycles. The van der Waals surface area contributed by atoms with Gasteiger partial charge in [0.05, 0.1) is 6.10 Å². The van der Waals surface area contributed by atoms with Gasteiger partial charge in [-0.3, -0.25) is 0 Å². The summed E-state index contributed by atoms with van der Waals surface area (Å²) in [7, 11) is 0. The van der Waals surface area contributed by atoms with Gasteiger partial charge in [0.2, 0.25) is 0 Å². The van der Waals surface area contributed by atoms with Crippen LogP contribution < -0.4 is 15.4 Å². The zero-order chi connectivity index (χ0) is 15.9. The van der Waals surface area contributed by atoms with Crippen molar-refractivity contribution in [1.29, 1.82) is 0 Å². The number of amides is 2. The van der Waals surface area contributed by atoms with Gasteiger partial charge in [0.1, 0.15) is 5.75 Å². The Kier molecular flexibility index (Phi) is 5.68. The molecule has 3 N–H and O–H groups in total. The van der Waals surface area contributed by atoms with Gasteiger partial charge in [0, 0.05) is 12.2 Å². The number of benzene rings is 1. The van der Waals surface area contributed by atoms with Gasteiger partial charge in [-0.15, -0.1) is 0 Å². The Labute approximate surface area is 129 Å². The molecule has 2 amide bonds. The second kappa shape index (κ2) is 7.71. The minimum absolute atomic E-state index is 0.00818. The lowest BCUT2D eigenvalue weighted by molar-refractivity contribution is -0.0498. The number of urea groups is 1. The van der Waals surface area contributed by atoms with Gasteiger partial charge in [-0.2, -0.15) is 20.1 Å². The molecule has 0 radical (unpaired) electrons. The molecular formula is C14H14F2N2O3S. The predicted molar refractivity (Wildman–Crippen MR) is 79.4 cm³/mol. The standard InChI is InChI=1S/C14H14F2N2O3S/c15-13(16)21-11-3-1-10(2-4-11)18-14(20)17-7-12(19)9-5-6-22-8-9/h1-6,8,12-13,19H,7H2,(H2,17,18,20)/t12-/m1/s1. The maximum atomic E-state index is 12.0. The summed E-state index contributed by atoms with van der Waals surface area (Å²) in [6, 6.07) is 6.79.